The molecule has 0 bridgehead atoms. The molecule has 1 amide bonds. The van der Waals surface area contributed by atoms with Gasteiger partial charge in [0.2, 0.25) is 0 Å². The number of imidazole rings is 1. The van der Waals surface area contributed by atoms with Gasteiger partial charge in [-0.15, -0.1) is 11.3 Å². The van der Waals surface area contributed by atoms with Gasteiger partial charge in [-0.2, -0.15) is 0 Å². The summed E-state index contributed by atoms with van der Waals surface area (Å²) in [6.45, 7) is 1.88. The molecule has 7 nitrogen and oxygen atoms in total. The lowest BCUT2D eigenvalue weighted by Crippen LogP contribution is -2.16. The molecule has 0 aliphatic carbocycles. The summed E-state index contributed by atoms with van der Waals surface area (Å²) in [6.07, 6.45) is 0. The van der Waals surface area contributed by atoms with Crippen LogP contribution in [0.25, 0.3) is 27.6 Å². The summed E-state index contributed by atoms with van der Waals surface area (Å²) in [6, 6.07) is 7.69. The van der Waals surface area contributed by atoms with Crippen LogP contribution in [-0.2, 0) is 0 Å². The maximum atomic E-state index is 14.3. The summed E-state index contributed by atoms with van der Waals surface area (Å²) in [7, 11) is 0. The maximum Gasteiger partial charge on any atom is 0.332 e. The highest BCUT2D eigenvalue weighted by Gasteiger charge is 2.22. The second-order valence-corrected chi connectivity index (χ2v) is 6.52. The second kappa shape index (κ2) is 5.88. The lowest BCUT2D eigenvalue weighted by molar-refractivity contribution is 0.0997. The highest BCUT2D eigenvalue weighted by molar-refractivity contribution is 7.13. The van der Waals surface area contributed by atoms with E-state index in [2.05, 4.69) is 15.0 Å². The predicted octanol–water partition coefficient (Wildman–Crippen LogP) is 2.38. The zero-order valence-corrected chi connectivity index (χ0v) is 14.3. The van der Waals surface area contributed by atoms with E-state index in [9.17, 15) is 14.0 Å². The van der Waals surface area contributed by atoms with Crippen molar-refractivity contribution in [2.75, 3.05) is 0 Å². The summed E-state index contributed by atoms with van der Waals surface area (Å²) in [5.74, 6) is -1.15. The molecule has 0 saturated carbocycles. The first-order chi connectivity index (χ1) is 12.5. The van der Waals surface area contributed by atoms with E-state index >= 15 is 0 Å². The number of para-hydroxylation sites is 1. The first kappa shape index (κ1) is 16.2. The highest BCUT2D eigenvalue weighted by Crippen LogP contribution is 2.28. The fraction of sp³-hybridized carbons (Fsp3) is 0.0588. The molecule has 4 rings (SSSR count). The molecule has 3 heterocycles. The Morgan fingerprint density at radius 3 is 2.69 bits per heavy atom. The first-order valence-corrected chi connectivity index (χ1v) is 8.47. The topological polar surface area (TPSA) is 107 Å². The number of primary amides is 1. The van der Waals surface area contributed by atoms with Gasteiger partial charge in [0, 0.05) is 0 Å². The molecule has 130 valence electrons. The number of rotatable bonds is 3. The van der Waals surface area contributed by atoms with Crippen LogP contribution in [0.3, 0.4) is 0 Å². The molecular weight excluding hydrogens is 357 g/mol. The molecule has 0 saturated heterocycles. The van der Waals surface area contributed by atoms with E-state index < -0.39 is 17.4 Å². The number of nitrogens with zero attached hydrogens (tertiary/aromatic N) is 3. The number of halogens is 1. The number of nitrogens with one attached hydrogen (secondary N) is 1. The first-order valence-electron chi connectivity index (χ1n) is 7.59. The number of hydrogen-bond donors (Lipinski definition) is 2. The van der Waals surface area contributed by atoms with E-state index in [-0.39, 0.29) is 28.4 Å². The third-order valence-electron chi connectivity index (χ3n) is 3.93. The van der Waals surface area contributed by atoms with Crippen molar-refractivity contribution in [1.82, 2.24) is 19.5 Å². The predicted molar refractivity (Wildman–Crippen MR) is 96.0 cm³/mol. The van der Waals surface area contributed by atoms with Crippen molar-refractivity contribution in [2.24, 2.45) is 5.73 Å². The lowest BCUT2D eigenvalue weighted by atomic mass is 10.2. The Balaban J connectivity index is 2.12. The van der Waals surface area contributed by atoms with Gasteiger partial charge in [-0.25, -0.2) is 23.7 Å². The van der Waals surface area contributed by atoms with Gasteiger partial charge >= 0.3 is 5.69 Å². The summed E-state index contributed by atoms with van der Waals surface area (Å²) in [5.41, 5.74) is 5.78. The average molecular weight is 369 g/mol. The largest absolute Gasteiger partial charge is 0.364 e. The fourth-order valence-electron chi connectivity index (χ4n) is 2.72. The maximum absolute atomic E-state index is 14.3. The highest BCUT2D eigenvalue weighted by atomic mass is 32.1. The Morgan fingerprint density at radius 1 is 1.27 bits per heavy atom. The fourth-order valence-corrected chi connectivity index (χ4v) is 3.58. The SMILES string of the molecule is Cc1ccsc1-c1nc(C(N)=O)c2[nH]c(=O)n(-c3ccccc3F)c2n1. The van der Waals surface area contributed by atoms with Gasteiger partial charge in [0.25, 0.3) is 5.91 Å². The van der Waals surface area contributed by atoms with Gasteiger partial charge < -0.3 is 10.7 Å². The van der Waals surface area contributed by atoms with Crippen LogP contribution in [0.5, 0.6) is 0 Å². The van der Waals surface area contributed by atoms with Gasteiger partial charge in [0.1, 0.15) is 11.3 Å². The smallest absolute Gasteiger partial charge is 0.332 e. The van der Waals surface area contributed by atoms with Crippen molar-refractivity contribution in [2.45, 2.75) is 6.92 Å². The van der Waals surface area contributed by atoms with Crippen LogP contribution in [-0.4, -0.2) is 25.4 Å². The van der Waals surface area contributed by atoms with Gasteiger partial charge in [-0.1, -0.05) is 12.1 Å². The van der Waals surface area contributed by atoms with Gasteiger partial charge in [-0.3, -0.25) is 4.79 Å². The Hall–Kier alpha value is -3.33. The van der Waals surface area contributed by atoms with Crippen LogP contribution >= 0.6 is 11.3 Å². The van der Waals surface area contributed by atoms with Crippen LogP contribution in [0.15, 0.2) is 40.5 Å². The van der Waals surface area contributed by atoms with Crippen LogP contribution in [0, 0.1) is 12.7 Å². The summed E-state index contributed by atoms with van der Waals surface area (Å²) < 4.78 is 15.3. The summed E-state index contributed by atoms with van der Waals surface area (Å²) >= 11 is 1.39. The molecule has 26 heavy (non-hydrogen) atoms. The van der Waals surface area contributed by atoms with E-state index in [1.807, 2.05) is 18.4 Å². The standard InChI is InChI=1S/C17H12FN5O2S/c1-8-6-7-26-13(8)15-20-11(14(19)24)12-16(22-15)23(17(25)21-12)10-5-3-2-4-9(10)18/h2-7H,1H3,(H2,19,24)(H,21,25). The quantitative estimate of drug-likeness (QED) is 0.578. The van der Waals surface area contributed by atoms with Gasteiger partial charge in [-0.05, 0) is 36.1 Å². The Morgan fingerprint density at radius 2 is 2.04 bits per heavy atom. The summed E-state index contributed by atoms with van der Waals surface area (Å²) in [5, 5.41) is 1.86. The molecule has 0 aliphatic heterocycles. The van der Waals surface area contributed by atoms with Crippen LogP contribution in [0.4, 0.5) is 4.39 Å². The van der Waals surface area contributed by atoms with E-state index in [4.69, 9.17) is 5.73 Å². The Labute approximate surface area is 150 Å². The molecule has 0 spiro atoms. The molecule has 0 radical (unpaired) electrons. The number of fused-ring (bicyclic) bond motifs is 1. The molecule has 9 heteroatoms. The normalized spacial score (nSPS) is 11.2. The zero-order chi connectivity index (χ0) is 18.4. The average Bonchev–Trinajstić information content (AvgIpc) is 3.17. The number of aryl methyl sites for hydroxylation is 1. The monoisotopic (exact) mass is 369 g/mol. The molecular formula is C17H12FN5O2S. The van der Waals surface area contributed by atoms with Gasteiger partial charge in [0.05, 0.1) is 10.6 Å². The van der Waals surface area contributed by atoms with Crippen LogP contribution in [0.1, 0.15) is 16.1 Å². The lowest BCUT2D eigenvalue weighted by Gasteiger charge is -2.06. The van der Waals surface area contributed by atoms with E-state index in [0.29, 0.717) is 0 Å². The molecule has 3 aromatic heterocycles. The van der Waals surface area contributed by atoms with Crippen LogP contribution in [0.2, 0.25) is 0 Å². The Bertz CT molecular complexity index is 1220. The van der Waals surface area contributed by atoms with E-state index in [1.165, 1.54) is 29.5 Å². The van der Waals surface area contributed by atoms with Crippen LogP contribution < -0.4 is 11.4 Å². The Kier molecular flexibility index (Phi) is 3.66. The molecule has 0 unspecified atom stereocenters. The van der Waals surface area contributed by atoms with Crippen molar-refractivity contribution < 1.29 is 9.18 Å². The molecule has 4 aromatic rings. The van der Waals surface area contributed by atoms with Gasteiger partial charge in [0.15, 0.2) is 17.2 Å². The molecule has 0 aliphatic rings. The number of aromatic amines is 1. The second-order valence-electron chi connectivity index (χ2n) is 5.61. The number of H-pyrrole nitrogens is 1. The summed E-state index contributed by atoms with van der Waals surface area (Å²) in [4.78, 5) is 36.2. The number of hydrogen-bond acceptors (Lipinski definition) is 5. The van der Waals surface area contributed by atoms with Crippen molar-refractivity contribution in [1.29, 1.82) is 0 Å². The number of carbonyl (C=O) groups excluding carboxylic acids is 1. The van der Waals surface area contributed by atoms with Crippen molar-refractivity contribution >= 4 is 28.4 Å². The third kappa shape index (κ3) is 2.40. The molecule has 0 atom stereocenters. The molecule has 1 aromatic carbocycles. The molecule has 3 N–H and O–H groups in total. The zero-order valence-electron chi connectivity index (χ0n) is 13.5. The number of aromatic nitrogens is 4. The number of nitrogens with two attached hydrogens (primary N) is 1. The van der Waals surface area contributed by atoms with Crippen molar-refractivity contribution in [3.8, 4) is 16.4 Å². The van der Waals surface area contributed by atoms with Crippen molar-refractivity contribution in [3.63, 3.8) is 0 Å². The minimum Gasteiger partial charge on any atom is -0.364 e. The minimum atomic E-state index is -0.810. The minimum absolute atomic E-state index is 0.0201. The molecule has 0 fully saturated rings. The number of thiophene rings is 1. The number of amides is 1. The number of carbonyl (C=O) groups is 1. The third-order valence-corrected chi connectivity index (χ3v) is 4.94. The van der Waals surface area contributed by atoms with Crippen molar-refractivity contribution in [3.05, 3.63) is 63.3 Å². The van der Waals surface area contributed by atoms with E-state index in [0.717, 1.165) is 15.0 Å². The van der Waals surface area contributed by atoms with E-state index in [1.54, 1.807) is 6.07 Å². The number of benzene rings is 1.